The number of hydrogen-bond donors (Lipinski definition) is 3. The first-order chi connectivity index (χ1) is 13.2. The second kappa shape index (κ2) is 12.0. The summed E-state index contributed by atoms with van der Waals surface area (Å²) in [5, 5.41) is 5.53. The second-order valence-corrected chi connectivity index (χ2v) is 7.50. The van der Waals surface area contributed by atoms with E-state index in [0.29, 0.717) is 31.5 Å². The Kier molecular flexibility index (Phi) is 10.0. The largest absolute Gasteiger partial charge is 0.444 e. The van der Waals surface area contributed by atoms with Gasteiger partial charge in [-0.2, -0.15) is 5.90 Å². The number of unbranched alkanes of at least 4 members (excludes halogenated alkanes) is 3. The molecule has 0 fully saturated rings. The summed E-state index contributed by atoms with van der Waals surface area (Å²) >= 11 is 0. The highest BCUT2D eigenvalue weighted by Gasteiger charge is 2.15. The fourth-order valence-corrected chi connectivity index (χ4v) is 2.39. The van der Waals surface area contributed by atoms with E-state index in [0.717, 1.165) is 24.8 Å². The lowest BCUT2D eigenvalue weighted by atomic mass is 10.1. The predicted octanol–water partition coefficient (Wildman–Crippen LogP) is 3.41. The molecule has 1 rings (SSSR count). The molecule has 0 heterocycles. The molecule has 0 spiro atoms. The van der Waals surface area contributed by atoms with Gasteiger partial charge in [-0.3, -0.25) is 9.59 Å². The van der Waals surface area contributed by atoms with E-state index >= 15 is 0 Å². The molecule has 1 aromatic carbocycles. The van der Waals surface area contributed by atoms with Crippen molar-refractivity contribution < 1.29 is 24.0 Å². The summed E-state index contributed by atoms with van der Waals surface area (Å²) in [6, 6.07) is 7.26. The minimum Gasteiger partial charge on any atom is -0.444 e. The van der Waals surface area contributed by atoms with E-state index in [4.69, 9.17) is 10.6 Å². The standard InChI is InChI=1S/C20H31N3O5/c1-20(2,3)27-19(26)22-14-15-10-12-16(13-11-15)23-17(24)8-6-4-5-7-9-18(25)28-21/h10-13H,4-9,14,21H2,1-3H3,(H,22,26)(H,23,24). The topological polar surface area (TPSA) is 120 Å². The zero-order valence-corrected chi connectivity index (χ0v) is 16.9. The monoisotopic (exact) mass is 393 g/mol. The summed E-state index contributed by atoms with van der Waals surface area (Å²) < 4.78 is 5.18. The van der Waals surface area contributed by atoms with Crippen molar-refractivity contribution >= 4 is 23.7 Å². The molecule has 28 heavy (non-hydrogen) atoms. The molecule has 0 saturated carbocycles. The molecule has 8 heteroatoms. The number of nitrogens with one attached hydrogen (secondary N) is 2. The van der Waals surface area contributed by atoms with Crippen molar-refractivity contribution in [1.29, 1.82) is 0 Å². The number of amides is 2. The van der Waals surface area contributed by atoms with Crippen LogP contribution in [0.5, 0.6) is 0 Å². The molecule has 0 bridgehead atoms. The van der Waals surface area contributed by atoms with Crippen molar-refractivity contribution in [3.05, 3.63) is 29.8 Å². The average molecular weight is 393 g/mol. The molecular weight excluding hydrogens is 362 g/mol. The molecule has 8 nitrogen and oxygen atoms in total. The van der Waals surface area contributed by atoms with Crippen molar-refractivity contribution in [1.82, 2.24) is 5.32 Å². The highest BCUT2D eigenvalue weighted by atomic mass is 16.7. The smallest absolute Gasteiger partial charge is 0.407 e. The first kappa shape index (κ1) is 23.4. The second-order valence-electron chi connectivity index (χ2n) is 7.50. The number of anilines is 1. The molecule has 0 aromatic heterocycles. The number of rotatable bonds is 10. The number of benzene rings is 1. The van der Waals surface area contributed by atoms with Gasteiger partial charge in [-0.15, -0.1) is 0 Å². The highest BCUT2D eigenvalue weighted by Crippen LogP contribution is 2.12. The maximum Gasteiger partial charge on any atom is 0.407 e. The van der Waals surface area contributed by atoms with Crippen LogP contribution in [0.4, 0.5) is 10.5 Å². The number of hydrogen-bond acceptors (Lipinski definition) is 6. The molecule has 4 N–H and O–H groups in total. The Morgan fingerprint density at radius 1 is 0.964 bits per heavy atom. The van der Waals surface area contributed by atoms with Gasteiger partial charge in [0.2, 0.25) is 5.91 Å². The average Bonchev–Trinajstić information content (AvgIpc) is 2.62. The summed E-state index contributed by atoms with van der Waals surface area (Å²) in [6.45, 7) is 5.77. The van der Waals surface area contributed by atoms with Gasteiger partial charge in [-0.1, -0.05) is 25.0 Å². The molecule has 0 aliphatic carbocycles. The molecular formula is C20H31N3O5. The van der Waals surface area contributed by atoms with Crippen LogP contribution in [0.25, 0.3) is 0 Å². The van der Waals surface area contributed by atoms with Crippen LogP contribution < -0.4 is 16.5 Å². The van der Waals surface area contributed by atoms with Crippen molar-refractivity contribution in [3.8, 4) is 0 Å². The van der Waals surface area contributed by atoms with Crippen molar-refractivity contribution in [2.24, 2.45) is 5.90 Å². The van der Waals surface area contributed by atoms with Crippen LogP contribution >= 0.6 is 0 Å². The molecule has 0 radical (unpaired) electrons. The Bertz CT molecular complexity index is 638. The number of carbonyl (C=O) groups excluding carboxylic acids is 3. The van der Waals surface area contributed by atoms with Gasteiger partial charge in [-0.05, 0) is 51.3 Å². The lowest BCUT2D eigenvalue weighted by Crippen LogP contribution is -2.32. The molecule has 0 aliphatic rings. The molecule has 0 saturated heterocycles. The van der Waals surface area contributed by atoms with Crippen LogP contribution in [0.3, 0.4) is 0 Å². The normalized spacial score (nSPS) is 10.9. The summed E-state index contributed by atoms with van der Waals surface area (Å²) in [5.41, 5.74) is 1.07. The molecule has 2 amide bonds. The molecule has 1 aromatic rings. The summed E-state index contributed by atoms with van der Waals surface area (Å²) in [5.74, 6) is 4.29. The third-order valence-electron chi connectivity index (χ3n) is 3.74. The van der Waals surface area contributed by atoms with E-state index in [2.05, 4.69) is 15.5 Å². The minimum absolute atomic E-state index is 0.0546. The van der Waals surface area contributed by atoms with Crippen molar-refractivity contribution in [2.45, 2.75) is 71.4 Å². The molecule has 156 valence electrons. The van der Waals surface area contributed by atoms with Gasteiger partial charge < -0.3 is 20.2 Å². The predicted molar refractivity (Wildman–Crippen MR) is 106 cm³/mol. The van der Waals surface area contributed by atoms with Crippen LogP contribution in [0.1, 0.15) is 64.9 Å². The lowest BCUT2D eigenvalue weighted by Gasteiger charge is -2.19. The van der Waals surface area contributed by atoms with Gasteiger partial charge in [-0.25, -0.2) is 4.79 Å². The van der Waals surface area contributed by atoms with Crippen LogP contribution in [0.2, 0.25) is 0 Å². The van der Waals surface area contributed by atoms with Crippen LogP contribution in [0, 0.1) is 0 Å². The molecule has 0 atom stereocenters. The van der Waals surface area contributed by atoms with E-state index in [9.17, 15) is 14.4 Å². The van der Waals surface area contributed by atoms with E-state index < -0.39 is 17.7 Å². The zero-order chi connectivity index (χ0) is 21.0. The van der Waals surface area contributed by atoms with Gasteiger partial charge in [0.1, 0.15) is 5.60 Å². The van der Waals surface area contributed by atoms with Crippen LogP contribution in [-0.2, 0) is 25.7 Å². The van der Waals surface area contributed by atoms with Crippen LogP contribution in [-0.4, -0.2) is 23.6 Å². The summed E-state index contributed by atoms with van der Waals surface area (Å²) in [6.07, 6.45) is 3.42. The zero-order valence-electron chi connectivity index (χ0n) is 16.9. The van der Waals surface area contributed by atoms with Gasteiger partial charge in [0.05, 0.1) is 0 Å². The van der Waals surface area contributed by atoms with Gasteiger partial charge in [0.15, 0.2) is 0 Å². The van der Waals surface area contributed by atoms with Crippen molar-refractivity contribution in [3.63, 3.8) is 0 Å². The fraction of sp³-hybridized carbons (Fsp3) is 0.550. The van der Waals surface area contributed by atoms with Gasteiger partial charge in [0, 0.05) is 25.1 Å². The third kappa shape index (κ3) is 11.2. The Morgan fingerprint density at radius 2 is 1.57 bits per heavy atom. The molecule has 0 aliphatic heterocycles. The Balaban J connectivity index is 2.24. The Hall–Kier alpha value is -2.61. The fourth-order valence-electron chi connectivity index (χ4n) is 2.39. The molecule has 0 unspecified atom stereocenters. The van der Waals surface area contributed by atoms with Gasteiger partial charge in [0.25, 0.3) is 0 Å². The van der Waals surface area contributed by atoms with E-state index in [1.165, 1.54) is 0 Å². The maximum atomic E-state index is 12.0. The summed E-state index contributed by atoms with van der Waals surface area (Å²) in [7, 11) is 0. The quantitative estimate of drug-likeness (QED) is 0.414. The first-order valence-corrected chi connectivity index (χ1v) is 9.45. The third-order valence-corrected chi connectivity index (χ3v) is 3.74. The van der Waals surface area contributed by atoms with Gasteiger partial charge >= 0.3 is 12.1 Å². The van der Waals surface area contributed by atoms with E-state index in [-0.39, 0.29) is 5.91 Å². The highest BCUT2D eigenvalue weighted by molar-refractivity contribution is 5.90. The number of carbonyl (C=O) groups is 3. The lowest BCUT2D eigenvalue weighted by molar-refractivity contribution is -0.144. The first-order valence-electron chi connectivity index (χ1n) is 9.45. The Labute approximate surface area is 166 Å². The number of ether oxygens (including phenoxy) is 1. The minimum atomic E-state index is -0.533. The van der Waals surface area contributed by atoms with E-state index in [1.54, 1.807) is 12.1 Å². The van der Waals surface area contributed by atoms with Crippen molar-refractivity contribution in [2.75, 3.05) is 5.32 Å². The van der Waals surface area contributed by atoms with E-state index in [1.807, 2.05) is 32.9 Å². The SMILES string of the molecule is CC(C)(C)OC(=O)NCc1ccc(NC(=O)CCCCCCC(=O)ON)cc1. The number of nitrogens with two attached hydrogens (primary N) is 1. The number of alkyl carbamates (subject to hydrolysis) is 1. The Morgan fingerprint density at radius 3 is 2.14 bits per heavy atom. The summed E-state index contributed by atoms with van der Waals surface area (Å²) in [4.78, 5) is 38.6. The van der Waals surface area contributed by atoms with Crippen LogP contribution in [0.15, 0.2) is 24.3 Å². The maximum absolute atomic E-state index is 12.0.